The molecule has 0 aliphatic heterocycles. The molecule has 0 aliphatic carbocycles. The highest BCUT2D eigenvalue weighted by atomic mass is 35.5. The molecular weight excluding hydrogens is 528 g/mol. The minimum Gasteiger partial charge on any atom is -0.495 e. The average Bonchev–Trinajstić information content (AvgIpc) is 3.31. The smallest absolute Gasteiger partial charge is 0.252 e. The van der Waals surface area contributed by atoms with Crippen LogP contribution in [0.5, 0.6) is 5.75 Å². The van der Waals surface area contributed by atoms with E-state index in [1.807, 2.05) is 55.7 Å². The number of benzene rings is 3. The largest absolute Gasteiger partial charge is 0.495 e. The van der Waals surface area contributed by atoms with Crippen LogP contribution >= 0.6 is 11.6 Å². The summed E-state index contributed by atoms with van der Waals surface area (Å²) < 4.78 is 8.74. The fraction of sp³-hybridized carbons (Fsp3) is 0.161. The summed E-state index contributed by atoms with van der Waals surface area (Å²) in [6, 6.07) is 20.3. The van der Waals surface area contributed by atoms with Crippen molar-refractivity contribution in [2.75, 3.05) is 12.4 Å². The normalized spacial score (nSPS) is 11.8. The highest BCUT2D eigenvalue weighted by Crippen LogP contribution is 2.34. The number of methoxy groups -OCH3 is 1. The van der Waals surface area contributed by atoms with Crippen molar-refractivity contribution in [3.8, 4) is 16.9 Å². The number of anilines is 1. The third kappa shape index (κ3) is 5.53. The SMILES string of the molecule is COc1cn(C(Cc2ccccc2)C(=O)Nc2ccc3nn(C)cc3c2)c(=O)cc1-c1cc(Cl)ccc1C(C)=O. The van der Waals surface area contributed by atoms with Crippen molar-refractivity contribution in [3.05, 3.63) is 112 Å². The van der Waals surface area contributed by atoms with Gasteiger partial charge in [-0.2, -0.15) is 5.10 Å². The lowest BCUT2D eigenvalue weighted by Crippen LogP contribution is -2.34. The van der Waals surface area contributed by atoms with Gasteiger partial charge in [0.2, 0.25) is 5.91 Å². The molecule has 2 aromatic heterocycles. The number of amides is 1. The molecule has 0 spiro atoms. The quantitative estimate of drug-likeness (QED) is 0.249. The molecule has 8 nitrogen and oxygen atoms in total. The summed E-state index contributed by atoms with van der Waals surface area (Å²) in [6.07, 6.45) is 3.64. The summed E-state index contributed by atoms with van der Waals surface area (Å²) in [7, 11) is 3.31. The number of hydrogen-bond donors (Lipinski definition) is 1. The highest BCUT2D eigenvalue weighted by molar-refractivity contribution is 6.31. The molecule has 1 unspecified atom stereocenters. The van der Waals surface area contributed by atoms with Crippen LogP contribution in [-0.2, 0) is 18.3 Å². The second kappa shape index (κ2) is 11.2. The molecule has 202 valence electrons. The van der Waals surface area contributed by atoms with Crippen LogP contribution < -0.4 is 15.6 Å². The Morgan fingerprint density at radius 2 is 1.77 bits per heavy atom. The van der Waals surface area contributed by atoms with Gasteiger partial charge in [0.25, 0.3) is 5.56 Å². The monoisotopic (exact) mass is 554 g/mol. The maximum absolute atomic E-state index is 13.8. The Kier molecular flexibility index (Phi) is 7.53. The highest BCUT2D eigenvalue weighted by Gasteiger charge is 2.25. The van der Waals surface area contributed by atoms with E-state index in [-0.39, 0.29) is 18.1 Å². The lowest BCUT2D eigenvalue weighted by Gasteiger charge is -2.22. The molecule has 0 fully saturated rings. The van der Waals surface area contributed by atoms with Crippen molar-refractivity contribution >= 4 is 39.9 Å². The fourth-order valence-corrected chi connectivity index (χ4v) is 4.97. The number of ketones is 1. The van der Waals surface area contributed by atoms with Gasteiger partial charge >= 0.3 is 0 Å². The van der Waals surface area contributed by atoms with Gasteiger partial charge in [-0.05, 0) is 54.4 Å². The lowest BCUT2D eigenvalue weighted by molar-refractivity contribution is -0.119. The third-order valence-corrected chi connectivity index (χ3v) is 6.95. The van der Waals surface area contributed by atoms with E-state index in [1.165, 1.54) is 30.9 Å². The number of aryl methyl sites for hydroxylation is 1. The molecule has 1 amide bonds. The summed E-state index contributed by atoms with van der Waals surface area (Å²) >= 11 is 6.24. The number of carbonyl (C=O) groups excluding carboxylic acids is 2. The third-order valence-electron chi connectivity index (χ3n) is 6.71. The maximum atomic E-state index is 13.8. The Balaban J connectivity index is 1.58. The zero-order valence-electron chi connectivity index (χ0n) is 22.2. The van der Waals surface area contributed by atoms with Crippen LogP contribution in [-0.4, -0.2) is 33.1 Å². The van der Waals surface area contributed by atoms with Crippen molar-refractivity contribution < 1.29 is 14.3 Å². The zero-order valence-corrected chi connectivity index (χ0v) is 23.0. The second-order valence-corrected chi connectivity index (χ2v) is 9.95. The number of nitrogens with zero attached hydrogens (tertiary/aromatic N) is 3. The van der Waals surface area contributed by atoms with Gasteiger partial charge in [0.05, 0.1) is 18.8 Å². The Morgan fingerprint density at radius 1 is 1.00 bits per heavy atom. The van der Waals surface area contributed by atoms with E-state index in [4.69, 9.17) is 16.3 Å². The van der Waals surface area contributed by atoms with Gasteiger partial charge in [-0.15, -0.1) is 0 Å². The summed E-state index contributed by atoms with van der Waals surface area (Å²) in [5.41, 5.74) is 3.16. The van der Waals surface area contributed by atoms with Gasteiger partial charge in [-0.1, -0.05) is 41.9 Å². The van der Waals surface area contributed by atoms with Crippen LogP contribution in [0.4, 0.5) is 5.69 Å². The van der Waals surface area contributed by atoms with E-state index in [9.17, 15) is 14.4 Å². The van der Waals surface area contributed by atoms with Crippen molar-refractivity contribution in [2.24, 2.45) is 7.05 Å². The standard InChI is InChI=1S/C31H27ClN4O4/c1-19(37)24-11-9-22(32)15-25(24)26-16-30(38)36(18-29(26)40-3)28(13-20-7-5-4-6-8-20)31(39)33-23-10-12-27-21(14-23)17-35(2)34-27/h4-12,14-18,28H,13H2,1-3H3,(H,33,39). The predicted molar refractivity (Wildman–Crippen MR) is 156 cm³/mol. The first-order valence-corrected chi connectivity index (χ1v) is 13.0. The van der Waals surface area contributed by atoms with Crippen LogP contribution in [0.2, 0.25) is 5.02 Å². The maximum Gasteiger partial charge on any atom is 0.252 e. The van der Waals surface area contributed by atoms with Gasteiger partial charge in [-0.25, -0.2) is 0 Å². The molecule has 40 heavy (non-hydrogen) atoms. The molecule has 0 bridgehead atoms. The van der Waals surface area contributed by atoms with Gasteiger partial charge in [0.1, 0.15) is 11.8 Å². The predicted octanol–water partition coefficient (Wildman–Crippen LogP) is 5.69. The molecule has 5 aromatic rings. The number of halogens is 1. The Bertz CT molecular complexity index is 1790. The summed E-state index contributed by atoms with van der Waals surface area (Å²) in [5.74, 6) is -0.215. The Hall–Kier alpha value is -4.69. The summed E-state index contributed by atoms with van der Waals surface area (Å²) in [4.78, 5) is 39.7. The number of carbonyl (C=O) groups is 2. The topological polar surface area (TPSA) is 95.2 Å². The van der Waals surface area contributed by atoms with Crippen molar-refractivity contribution in [1.29, 1.82) is 0 Å². The average molecular weight is 555 g/mol. The van der Waals surface area contributed by atoms with Crippen LogP contribution in [0.25, 0.3) is 22.0 Å². The first-order valence-electron chi connectivity index (χ1n) is 12.6. The minimum absolute atomic E-state index is 0.176. The number of rotatable bonds is 8. The molecule has 0 aliphatic rings. The first-order chi connectivity index (χ1) is 19.2. The van der Waals surface area contributed by atoms with Crippen molar-refractivity contribution in [1.82, 2.24) is 14.3 Å². The van der Waals surface area contributed by atoms with Gasteiger partial charge in [0, 0.05) is 53.0 Å². The van der Waals surface area contributed by atoms with E-state index in [0.717, 1.165) is 16.5 Å². The van der Waals surface area contributed by atoms with E-state index in [0.29, 0.717) is 33.1 Å². The molecule has 1 atom stereocenters. The van der Waals surface area contributed by atoms with Gasteiger partial charge in [0.15, 0.2) is 5.78 Å². The molecular formula is C31H27ClN4O4. The lowest BCUT2D eigenvalue weighted by atomic mass is 9.97. The van der Waals surface area contributed by atoms with Crippen molar-refractivity contribution in [2.45, 2.75) is 19.4 Å². The molecule has 1 N–H and O–H groups in total. The minimum atomic E-state index is -0.894. The van der Waals surface area contributed by atoms with Crippen molar-refractivity contribution in [3.63, 3.8) is 0 Å². The first kappa shape index (κ1) is 26.9. The van der Waals surface area contributed by atoms with Crippen LogP contribution in [0, 0.1) is 0 Å². The van der Waals surface area contributed by atoms with E-state index >= 15 is 0 Å². The molecule has 0 radical (unpaired) electrons. The molecule has 0 saturated heterocycles. The molecule has 3 aromatic carbocycles. The number of Topliss-reactive ketones (excluding diaryl/α,β-unsaturated/α-hetero) is 1. The van der Waals surface area contributed by atoms with Gasteiger partial charge < -0.3 is 10.1 Å². The Morgan fingerprint density at radius 3 is 2.50 bits per heavy atom. The number of fused-ring (bicyclic) bond motifs is 1. The summed E-state index contributed by atoms with van der Waals surface area (Å²) in [6.45, 7) is 1.45. The number of pyridine rings is 1. The van der Waals surface area contributed by atoms with E-state index < -0.39 is 11.6 Å². The molecule has 2 heterocycles. The van der Waals surface area contributed by atoms with E-state index in [1.54, 1.807) is 28.9 Å². The zero-order chi connectivity index (χ0) is 28.4. The second-order valence-electron chi connectivity index (χ2n) is 9.52. The molecule has 5 rings (SSSR count). The Labute approximate surface area is 235 Å². The number of ether oxygens (including phenoxy) is 1. The van der Waals surface area contributed by atoms with Crippen LogP contribution in [0.1, 0.15) is 28.9 Å². The number of nitrogens with one attached hydrogen (secondary N) is 1. The van der Waals surface area contributed by atoms with Crippen LogP contribution in [0.3, 0.4) is 0 Å². The number of hydrogen-bond acceptors (Lipinski definition) is 5. The number of aromatic nitrogens is 3. The summed E-state index contributed by atoms with van der Waals surface area (Å²) in [5, 5.41) is 8.63. The molecule has 9 heteroatoms. The fourth-order valence-electron chi connectivity index (χ4n) is 4.80. The molecule has 0 saturated carbocycles. The van der Waals surface area contributed by atoms with E-state index in [2.05, 4.69) is 10.4 Å². The van der Waals surface area contributed by atoms with Crippen LogP contribution in [0.15, 0.2) is 90.0 Å². The van der Waals surface area contributed by atoms with Gasteiger partial charge in [-0.3, -0.25) is 23.6 Å².